The summed E-state index contributed by atoms with van der Waals surface area (Å²) in [6, 6.07) is 11.9. The zero-order chi connectivity index (χ0) is 19.0. The van der Waals surface area contributed by atoms with Gasteiger partial charge in [-0.3, -0.25) is 14.0 Å². The SMILES string of the molecule is Cc1nc2sccn2c1C(=O)c1ccc(NC(=O)c2ccc(F)cc2)cc1.Cl. The predicted molar refractivity (Wildman–Crippen MR) is 109 cm³/mol. The van der Waals surface area contributed by atoms with Crippen LogP contribution in [0.2, 0.25) is 0 Å². The number of thiazole rings is 1. The van der Waals surface area contributed by atoms with E-state index < -0.39 is 5.82 Å². The molecule has 0 aliphatic rings. The number of benzene rings is 2. The number of anilines is 1. The Bertz CT molecular complexity index is 1150. The minimum absolute atomic E-state index is 0. The van der Waals surface area contributed by atoms with Crippen LogP contribution in [0.5, 0.6) is 0 Å². The van der Waals surface area contributed by atoms with E-state index in [2.05, 4.69) is 10.3 Å². The fraction of sp³-hybridized carbons (Fsp3) is 0.0500. The number of imidazole rings is 1. The number of nitrogens with zero attached hydrogens (tertiary/aromatic N) is 2. The first-order valence-corrected chi connectivity index (χ1v) is 9.05. The molecule has 4 aromatic rings. The van der Waals surface area contributed by atoms with Crippen molar-refractivity contribution in [2.24, 2.45) is 0 Å². The molecule has 2 aromatic heterocycles. The summed E-state index contributed by atoms with van der Waals surface area (Å²) in [6.45, 7) is 1.81. The first kappa shape index (κ1) is 19.7. The summed E-state index contributed by atoms with van der Waals surface area (Å²) in [6.07, 6.45) is 1.82. The van der Waals surface area contributed by atoms with E-state index in [1.807, 2.05) is 18.5 Å². The second-order valence-electron chi connectivity index (χ2n) is 5.97. The highest BCUT2D eigenvalue weighted by atomic mass is 35.5. The number of halogens is 2. The van der Waals surface area contributed by atoms with E-state index >= 15 is 0 Å². The number of carbonyl (C=O) groups excluding carboxylic acids is 2. The number of ketones is 1. The molecule has 2 aromatic carbocycles. The third-order valence-electron chi connectivity index (χ3n) is 4.16. The molecule has 0 saturated carbocycles. The summed E-state index contributed by atoms with van der Waals surface area (Å²) in [4.78, 5) is 30.2. The van der Waals surface area contributed by atoms with Crippen molar-refractivity contribution in [3.63, 3.8) is 0 Å². The van der Waals surface area contributed by atoms with E-state index in [9.17, 15) is 14.0 Å². The number of aryl methyl sites for hydroxylation is 1. The molecule has 0 bridgehead atoms. The summed E-state index contributed by atoms with van der Waals surface area (Å²) in [5, 5.41) is 4.61. The van der Waals surface area contributed by atoms with Gasteiger partial charge in [-0.15, -0.1) is 23.7 Å². The summed E-state index contributed by atoms with van der Waals surface area (Å²) in [5.41, 5.74) is 2.62. The van der Waals surface area contributed by atoms with Crippen LogP contribution in [-0.2, 0) is 0 Å². The third kappa shape index (κ3) is 3.67. The number of hydrogen-bond donors (Lipinski definition) is 1. The molecule has 0 unspecified atom stereocenters. The predicted octanol–water partition coefficient (Wildman–Crippen LogP) is 4.75. The van der Waals surface area contributed by atoms with Crippen molar-refractivity contribution < 1.29 is 14.0 Å². The van der Waals surface area contributed by atoms with Crippen LogP contribution in [0.1, 0.15) is 32.1 Å². The average Bonchev–Trinajstić information content (AvgIpc) is 3.22. The lowest BCUT2D eigenvalue weighted by atomic mass is 10.1. The Morgan fingerprint density at radius 1 is 1.04 bits per heavy atom. The summed E-state index contributed by atoms with van der Waals surface area (Å²) < 4.78 is 14.7. The van der Waals surface area contributed by atoms with Crippen molar-refractivity contribution in [2.45, 2.75) is 6.92 Å². The molecule has 8 heteroatoms. The van der Waals surface area contributed by atoms with Crippen molar-refractivity contribution in [1.29, 1.82) is 0 Å². The van der Waals surface area contributed by atoms with Crippen molar-refractivity contribution in [1.82, 2.24) is 9.38 Å². The summed E-state index contributed by atoms with van der Waals surface area (Å²) >= 11 is 1.47. The monoisotopic (exact) mass is 415 g/mol. The van der Waals surface area contributed by atoms with Crippen LogP contribution in [0.25, 0.3) is 4.96 Å². The molecule has 4 rings (SSSR count). The van der Waals surface area contributed by atoms with Gasteiger partial charge in [0.15, 0.2) is 4.96 Å². The molecule has 2 heterocycles. The fourth-order valence-electron chi connectivity index (χ4n) is 2.81. The molecule has 0 aliphatic heterocycles. The van der Waals surface area contributed by atoms with Crippen LogP contribution in [0, 0.1) is 12.7 Å². The van der Waals surface area contributed by atoms with E-state index in [-0.39, 0.29) is 24.1 Å². The van der Waals surface area contributed by atoms with Gasteiger partial charge in [0.2, 0.25) is 5.78 Å². The highest BCUT2D eigenvalue weighted by Gasteiger charge is 2.19. The zero-order valence-electron chi connectivity index (χ0n) is 14.7. The summed E-state index contributed by atoms with van der Waals surface area (Å²) in [7, 11) is 0. The van der Waals surface area contributed by atoms with Gasteiger partial charge in [0.05, 0.1) is 5.69 Å². The lowest BCUT2D eigenvalue weighted by molar-refractivity contribution is 0.102. The van der Waals surface area contributed by atoms with Crippen LogP contribution >= 0.6 is 23.7 Å². The Morgan fingerprint density at radius 3 is 2.36 bits per heavy atom. The zero-order valence-corrected chi connectivity index (χ0v) is 16.3. The van der Waals surface area contributed by atoms with E-state index in [1.54, 1.807) is 28.7 Å². The van der Waals surface area contributed by atoms with Gasteiger partial charge < -0.3 is 5.32 Å². The first-order valence-electron chi connectivity index (χ1n) is 8.17. The van der Waals surface area contributed by atoms with Gasteiger partial charge in [-0.1, -0.05) is 0 Å². The normalized spacial score (nSPS) is 10.5. The second-order valence-corrected chi connectivity index (χ2v) is 6.84. The molecule has 1 N–H and O–H groups in total. The number of amides is 1. The molecule has 5 nitrogen and oxygen atoms in total. The molecule has 0 saturated heterocycles. The minimum atomic E-state index is -0.399. The molecular weight excluding hydrogens is 401 g/mol. The number of hydrogen-bond acceptors (Lipinski definition) is 4. The van der Waals surface area contributed by atoms with Crippen LogP contribution in [0.15, 0.2) is 60.1 Å². The van der Waals surface area contributed by atoms with Crippen LogP contribution < -0.4 is 5.32 Å². The largest absolute Gasteiger partial charge is 0.322 e. The quantitative estimate of drug-likeness (QED) is 0.489. The van der Waals surface area contributed by atoms with Gasteiger partial charge >= 0.3 is 0 Å². The van der Waals surface area contributed by atoms with Gasteiger partial charge in [-0.2, -0.15) is 0 Å². The van der Waals surface area contributed by atoms with E-state index in [0.29, 0.717) is 28.2 Å². The van der Waals surface area contributed by atoms with Crippen molar-refractivity contribution in [3.8, 4) is 0 Å². The van der Waals surface area contributed by atoms with E-state index in [1.165, 1.54) is 35.6 Å². The maximum atomic E-state index is 12.9. The molecule has 142 valence electrons. The second kappa shape index (κ2) is 7.92. The molecule has 0 spiro atoms. The van der Waals surface area contributed by atoms with Gasteiger partial charge in [0.25, 0.3) is 5.91 Å². The molecule has 28 heavy (non-hydrogen) atoms. The van der Waals surface area contributed by atoms with Crippen LogP contribution in [0.4, 0.5) is 10.1 Å². The van der Waals surface area contributed by atoms with Crippen molar-refractivity contribution in [2.75, 3.05) is 5.32 Å². The highest BCUT2D eigenvalue weighted by molar-refractivity contribution is 7.15. The molecule has 0 aliphatic carbocycles. The highest BCUT2D eigenvalue weighted by Crippen LogP contribution is 2.21. The third-order valence-corrected chi connectivity index (χ3v) is 4.92. The lowest BCUT2D eigenvalue weighted by Gasteiger charge is -2.07. The Balaban J connectivity index is 0.00000225. The minimum Gasteiger partial charge on any atom is -0.322 e. The number of rotatable bonds is 4. The van der Waals surface area contributed by atoms with Gasteiger partial charge in [0, 0.05) is 28.4 Å². The topological polar surface area (TPSA) is 63.5 Å². The molecule has 1 amide bonds. The lowest BCUT2D eigenvalue weighted by Crippen LogP contribution is -2.12. The molecule has 0 atom stereocenters. The van der Waals surface area contributed by atoms with Crippen molar-refractivity contribution >= 4 is 46.1 Å². The van der Waals surface area contributed by atoms with E-state index in [4.69, 9.17) is 0 Å². The smallest absolute Gasteiger partial charge is 0.255 e. The van der Waals surface area contributed by atoms with E-state index in [0.717, 1.165) is 4.96 Å². The maximum Gasteiger partial charge on any atom is 0.255 e. The fourth-order valence-corrected chi connectivity index (χ4v) is 3.57. The van der Waals surface area contributed by atoms with Gasteiger partial charge in [-0.25, -0.2) is 9.37 Å². The van der Waals surface area contributed by atoms with Crippen molar-refractivity contribution in [3.05, 3.63) is 88.4 Å². The van der Waals surface area contributed by atoms with Gasteiger partial charge in [-0.05, 0) is 55.5 Å². The molecular formula is C20H15ClFN3O2S. The summed E-state index contributed by atoms with van der Waals surface area (Å²) in [5.74, 6) is -0.875. The molecule has 0 radical (unpaired) electrons. The number of aromatic nitrogens is 2. The standard InChI is InChI=1S/C20H14FN3O2S.ClH/c1-12-17(24-10-11-27-20(24)22-12)18(25)13-4-8-16(9-5-13)23-19(26)14-2-6-15(21)7-3-14;/h2-11H,1H3,(H,23,26);1H. The Kier molecular flexibility index (Phi) is 5.58. The van der Waals surface area contributed by atoms with Crippen LogP contribution in [0.3, 0.4) is 0 Å². The number of nitrogens with one attached hydrogen (secondary N) is 1. The Morgan fingerprint density at radius 2 is 1.68 bits per heavy atom. The van der Waals surface area contributed by atoms with Crippen LogP contribution in [-0.4, -0.2) is 21.1 Å². The first-order chi connectivity index (χ1) is 13.0. The average molecular weight is 416 g/mol. The Labute approximate surface area is 170 Å². The number of carbonyl (C=O) groups is 2. The Hall–Kier alpha value is -3.03. The maximum absolute atomic E-state index is 12.9. The van der Waals surface area contributed by atoms with Gasteiger partial charge in [0.1, 0.15) is 11.5 Å². The molecule has 0 fully saturated rings. The number of fused-ring (bicyclic) bond motifs is 1.